The van der Waals surface area contributed by atoms with Crippen molar-refractivity contribution in [2.75, 3.05) is 0 Å². The number of aromatic nitrogens is 2. The van der Waals surface area contributed by atoms with Crippen LogP contribution >= 0.6 is 0 Å². The third-order valence-corrected chi connectivity index (χ3v) is 1.29. The van der Waals surface area contributed by atoms with Gasteiger partial charge in [0.2, 0.25) is 0 Å². The van der Waals surface area contributed by atoms with Crippen LogP contribution in [0.2, 0.25) is 0 Å². The summed E-state index contributed by atoms with van der Waals surface area (Å²) in [5.41, 5.74) is 1.11. The molecule has 0 saturated heterocycles. The Morgan fingerprint density at radius 3 is 2.27 bits per heavy atom. The predicted octanol–water partition coefficient (Wildman–Crippen LogP) is -1.42. The van der Waals surface area contributed by atoms with E-state index in [1.165, 1.54) is 0 Å². The summed E-state index contributed by atoms with van der Waals surface area (Å²) in [5.74, 6) is 0. The quantitative estimate of drug-likeness (QED) is 0.502. The minimum atomic E-state index is 0. The molecule has 0 saturated carbocycles. The first-order valence-corrected chi connectivity index (χ1v) is 3.29. The van der Waals surface area contributed by atoms with Gasteiger partial charge in [-0.05, 0) is 17.3 Å². The first-order valence-electron chi connectivity index (χ1n) is 3.29. The maximum Gasteiger partial charge on any atom is 1.00 e. The van der Waals surface area contributed by atoms with Crippen molar-refractivity contribution in [2.45, 2.75) is 26.2 Å². The molecule has 0 aliphatic carbocycles. The number of rotatable bonds is 0. The van der Waals surface area contributed by atoms with Gasteiger partial charge in [0.15, 0.2) is 0 Å². The summed E-state index contributed by atoms with van der Waals surface area (Å²) in [5, 5.41) is 0. The number of hydrogen-bond donors (Lipinski definition) is 0. The zero-order valence-corrected chi connectivity index (χ0v) is 12.5. The summed E-state index contributed by atoms with van der Waals surface area (Å²) >= 11 is 0. The van der Waals surface area contributed by atoms with Gasteiger partial charge in [-0.25, -0.2) is 0 Å². The van der Waals surface area contributed by atoms with Crippen LogP contribution in [0.3, 0.4) is 0 Å². The smallest absolute Gasteiger partial charge is 0.456 e. The predicted molar refractivity (Wildman–Crippen MR) is 39.6 cm³/mol. The largest absolute Gasteiger partial charge is 1.00 e. The Kier molecular flexibility index (Phi) is 5.19. The third-order valence-electron chi connectivity index (χ3n) is 1.29. The molecule has 0 spiro atoms. The fraction of sp³-hybridized carbons (Fsp3) is 0.500. The standard InChI is InChI=1S/C8H11N2.Rb/c1-8(2,3)7-6-9-4-5-10-7;/h5-6H,1-3H3;/q-1;+1. The van der Waals surface area contributed by atoms with E-state index in [9.17, 15) is 0 Å². The van der Waals surface area contributed by atoms with Gasteiger partial charge in [-0.2, -0.15) is 0 Å². The van der Waals surface area contributed by atoms with Gasteiger partial charge < -0.3 is 4.98 Å². The molecule has 0 N–H and O–H groups in total. The molecule has 0 bridgehead atoms. The Labute approximate surface area is 117 Å². The Hall–Kier alpha value is 0.885. The second-order valence-electron chi connectivity index (χ2n) is 3.28. The van der Waals surface area contributed by atoms with Crippen LogP contribution in [-0.2, 0) is 5.41 Å². The molecule has 0 fully saturated rings. The van der Waals surface area contributed by atoms with E-state index in [1.807, 2.05) is 0 Å². The average Bonchev–Trinajstić information content (AvgIpc) is 1.88. The van der Waals surface area contributed by atoms with Crippen LogP contribution in [0.5, 0.6) is 0 Å². The topological polar surface area (TPSA) is 25.8 Å². The molecule has 0 radical (unpaired) electrons. The molecule has 1 heterocycles. The van der Waals surface area contributed by atoms with Gasteiger partial charge in [-0.15, -0.1) is 12.4 Å². The monoisotopic (exact) mass is 220 g/mol. The maximum atomic E-state index is 4.13. The molecule has 0 unspecified atom stereocenters. The zero-order valence-electron chi connectivity index (χ0n) is 7.55. The SMILES string of the molecule is CC(C)(C)c1cn[c-]cn1.[Rb+]. The van der Waals surface area contributed by atoms with E-state index in [-0.39, 0.29) is 63.6 Å². The van der Waals surface area contributed by atoms with Crippen molar-refractivity contribution in [2.24, 2.45) is 0 Å². The van der Waals surface area contributed by atoms with Crippen molar-refractivity contribution in [1.82, 2.24) is 9.97 Å². The summed E-state index contributed by atoms with van der Waals surface area (Å²) in [4.78, 5) is 8.00. The molecule has 0 aromatic carbocycles. The van der Waals surface area contributed by atoms with Crippen molar-refractivity contribution in [3.05, 3.63) is 24.3 Å². The fourth-order valence-corrected chi connectivity index (χ4v) is 0.651. The van der Waals surface area contributed by atoms with E-state index in [1.54, 1.807) is 12.4 Å². The second kappa shape index (κ2) is 4.80. The van der Waals surface area contributed by atoms with Crippen LogP contribution in [-0.4, -0.2) is 9.97 Å². The van der Waals surface area contributed by atoms with Crippen molar-refractivity contribution < 1.29 is 58.2 Å². The van der Waals surface area contributed by atoms with Gasteiger partial charge in [0.05, 0.1) is 0 Å². The molecule has 11 heavy (non-hydrogen) atoms. The molecule has 3 heteroatoms. The Bertz CT molecular complexity index is 203. The Morgan fingerprint density at radius 1 is 1.36 bits per heavy atom. The van der Waals surface area contributed by atoms with E-state index < -0.39 is 0 Å². The minimum absolute atomic E-state index is 0. The molecular weight excluding hydrogens is 210 g/mol. The molecule has 0 aliphatic rings. The van der Waals surface area contributed by atoms with Gasteiger partial charge in [-0.1, -0.05) is 20.8 Å². The van der Waals surface area contributed by atoms with Gasteiger partial charge in [0.25, 0.3) is 0 Å². The van der Waals surface area contributed by atoms with Crippen molar-refractivity contribution in [3.63, 3.8) is 0 Å². The zero-order chi connectivity index (χ0) is 7.61. The molecule has 1 aromatic heterocycles. The maximum absolute atomic E-state index is 4.13. The van der Waals surface area contributed by atoms with Crippen LogP contribution in [0.4, 0.5) is 0 Å². The number of hydrogen-bond acceptors (Lipinski definition) is 2. The Morgan fingerprint density at radius 2 is 2.00 bits per heavy atom. The first-order chi connectivity index (χ1) is 4.61. The molecular formula is C8H11N2Rb. The molecule has 2 nitrogen and oxygen atoms in total. The van der Waals surface area contributed by atoms with Crippen LogP contribution in [0.1, 0.15) is 26.5 Å². The summed E-state index contributed by atoms with van der Waals surface area (Å²) in [6.07, 6.45) is 5.99. The first kappa shape index (κ1) is 11.9. The molecule has 0 aliphatic heterocycles. The van der Waals surface area contributed by atoms with Crippen molar-refractivity contribution in [1.29, 1.82) is 0 Å². The minimum Gasteiger partial charge on any atom is -0.456 e. The van der Waals surface area contributed by atoms with E-state index in [0.717, 1.165) is 5.69 Å². The molecule has 54 valence electrons. The van der Waals surface area contributed by atoms with Gasteiger partial charge in [-0.3, -0.25) is 4.98 Å². The molecule has 0 atom stereocenters. The molecule has 1 aromatic rings. The van der Waals surface area contributed by atoms with Crippen LogP contribution < -0.4 is 58.2 Å². The summed E-state index contributed by atoms with van der Waals surface area (Å²) in [7, 11) is 0. The average molecular weight is 221 g/mol. The Balaban J connectivity index is 0.000001000. The normalized spacial score (nSPS) is 10.5. The van der Waals surface area contributed by atoms with Crippen molar-refractivity contribution >= 4 is 0 Å². The van der Waals surface area contributed by atoms with Crippen molar-refractivity contribution in [3.8, 4) is 0 Å². The number of nitrogens with zero attached hydrogens (tertiary/aromatic N) is 2. The summed E-state index contributed by atoms with van der Waals surface area (Å²) < 4.78 is 0. The van der Waals surface area contributed by atoms with E-state index >= 15 is 0 Å². The third kappa shape index (κ3) is 3.88. The van der Waals surface area contributed by atoms with Crippen LogP contribution in [0.25, 0.3) is 0 Å². The fourth-order valence-electron chi connectivity index (χ4n) is 0.651. The van der Waals surface area contributed by atoms with Crippen LogP contribution in [0, 0.1) is 6.20 Å². The van der Waals surface area contributed by atoms with E-state index in [4.69, 9.17) is 0 Å². The summed E-state index contributed by atoms with van der Waals surface area (Å²) in [6.45, 7) is 6.32. The van der Waals surface area contributed by atoms with Gasteiger partial charge in [0, 0.05) is 0 Å². The summed E-state index contributed by atoms with van der Waals surface area (Å²) in [6, 6.07) is 0. The molecule has 0 amide bonds. The van der Waals surface area contributed by atoms with Crippen LogP contribution in [0.15, 0.2) is 12.4 Å². The van der Waals surface area contributed by atoms with E-state index in [2.05, 4.69) is 36.9 Å². The molecule has 1 rings (SSSR count). The second-order valence-corrected chi connectivity index (χ2v) is 3.28. The van der Waals surface area contributed by atoms with Gasteiger partial charge in [0.1, 0.15) is 0 Å². The van der Waals surface area contributed by atoms with E-state index in [0.29, 0.717) is 0 Å². The van der Waals surface area contributed by atoms with Gasteiger partial charge >= 0.3 is 58.2 Å².